The van der Waals surface area contributed by atoms with Gasteiger partial charge in [-0.1, -0.05) is 29.8 Å². The highest BCUT2D eigenvalue weighted by Gasteiger charge is 2.08. The molecule has 2 aromatic heterocycles. The molecule has 2 N–H and O–H groups in total. The molecule has 6 heteroatoms. The van der Waals surface area contributed by atoms with E-state index in [0.29, 0.717) is 17.3 Å². The van der Waals surface area contributed by atoms with Gasteiger partial charge >= 0.3 is 0 Å². The molecule has 0 fully saturated rings. The fourth-order valence-corrected chi connectivity index (χ4v) is 3.48. The minimum atomic E-state index is 0. The first-order valence-electron chi connectivity index (χ1n) is 8.93. The highest BCUT2D eigenvalue weighted by atomic mass is 35.5. The van der Waals surface area contributed by atoms with E-state index in [2.05, 4.69) is 34.7 Å². The van der Waals surface area contributed by atoms with Crippen LogP contribution in [0.15, 0.2) is 65.2 Å². The standard InChI is InChI=1S/C22H21ClN2O2.ClH/c1-26-22-8-6-15(12-19(22)23)21-9-7-17(27-21)14-24-11-10-16-13-25-20-5-3-2-4-18(16)20;/h2-9,12-13,24-25H,10-11,14H2,1H3;1H. The maximum absolute atomic E-state index is 6.20. The normalized spacial score (nSPS) is 10.8. The molecule has 0 bridgehead atoms. The van der Waals surface area contributed by atoms with Gasteiger partial charge in [-0.25, -0.2) is 0 Å². The fraction of sp³-hybridized carbons (Fsp3) is 0.182. The molecule has 0 spiro atoms. The lowest BCUT2D eigenvalue weighted by Crippen LogP contribution is -2.16. The van der Waals surface area contributed by atoms with Crippen LogP contribution in [0.3, 0.4) is 0 Å². The Hall–Kier alpha value is -2.40. The molecule has 0 radical (unpaired) electrons. The predicted octanol–water partition coefficient (Wildman–Crippen LogP) is 5.84. The van der Waals surface area contributed by atoms with Crippen molar-refractivity contribution >= 4 is 34.9 Å². The average molecular weight is 417 g/mol. The van der Waals surface area contributed by atoms with Crippen molar-refractivity contribution in [2.24, 2.45) is 0 Å². The van der Waals surface area contributed by atoms with Gasteiger partial charge in [0.1, 0.15) is 17.3 Å². The van der Waals surface area contributed by atoms with E-state index in [1.807, 2.05) is 36.4 Å². The number of ether oxygens (including phenoxy) is 1. The van der Waals surface area contributed by atoms with Crippen molar-refractivity contribution in [3.05, 3.63) is 77.1 Å². The number of para-hydroxylation sites is 1. The van der Waals surface area contributed by atoms with E-state index < -0.39 is 0 Å². The number of hydrogen-bond donors (Lipinski definition) is 2. The van der Waals surface area contributed by atoms with Crippen molar-refractivity contribution in [2.45, 2.75) is 13.0 Å². The SMILES string of the molecule is COc1ccc(-c2ccc(CNCCc3c[nH]c4ccccc34)o2)cc1Cl.Cl. The molecule has 0 aliphatic carbocycles. The second-order valence-electron chi connectivity index (χ2n) is 6.40. The molecule has 0 saturated carbocycles. The second kappa shape index (κ2) is 9.20. The number of rotatable bonds is 7. The Morgan fingerprint density at radius 1 is 1.11 bits per heavy atom. The fourth-order valence-electron chi connectivity index (χ4n) is 3.22. The summed E-state index contributed by atoms with van der Waals surface area (Å²) in [6.07, 6.45) is 3.05. The van der Waals surface area contributed by atoms with Gasteiger partial charge in [0.15, 0.2) is 0 Å². The number of H-pyrrole nitrogens is 1. The molecule has 4 nitrogen and oxygen atoms in total. The maximum Gasteiger partial charge on any atom is 0.137 e. The van der Waals surface area contributed by atoms with Crippen molar-refractivity contribution in [3.63, 3.8) is 0 Å². The van der Waals surface area contributed by atoms with Crippen LogP contribution in [0.5, 0.6) is 5.75 Å². The molecule has 2 heterocycles. The largest absolute Gasteiger partial charge is 0.495 e. The molecule has 2 aromatic carbocycles. The van der Waals surface area contributed by atoms with Crippen LogP contribution in [0.1, 0.15) is 11.3 Å². The van der Waals surface area contributed by atoms with Gasteiger partial charge in [0, 0.05) is 22.7 Å². The molecule has 0 amide bonds. The molecule has 4 aromatic rings. The van der Waals surface area contributed by atoms with E-state index in [9.17, 15) is 0 Å². The van der Waals surface area contributed by atoms with E-state index >= 15 is 0 Å². The third-order valence-corrected chi connectivity index (χ3v) is 4.94. The Balaban J connectivity index is 0.00000225. The van der Waals surface area contributed by atoms with Gasteiger partial charge in [-0.2, -0.15) is 0 Å². The molecular weight excluding hydrogens is 395 g/mol. The van der Waals surface area contributed by atoms with Crippen LogP contribution in [0.25, 0.3) is 22.2 Å². The zero-order valence-electron chi connectivity index (χ0n) is 15.5. The van der Waals surface area contributed by atoms with E-state index in [1.165, 1.54) is 16.5 Å². The molecule has 146 valence electrons. The molecule has 0 aliphatic rings. The lowest BCUT2D eigenvalue weighted by Gasteiger charge is -2.05. The van der Waals surface area contributed by atoms with E-state index in [0.717, 1.165) is 30.0 Å². The minimum Gasteiger partial charge on any atom is -0.495 e. The molecule has 28 heavy (non-hydrogen) atoms. The van der Waals surface area contributed by atoms with E-state index in [1.54, 1.807) is 7.11 Å². The number of benzene rings is 2. The Bertz CT molecular complexity index is 1060. The summed E-state index contributed by atoms with van der Waals surface area (Å²) in [5.41, 5.74) is 3.44. The number of aromatic nitrogens is 1. The Labute approximate surface area is 175 Å². The average Bonchev–Trinajstić information content (AvgIpc) is 3.32. The number of methoxy groups -OCH3 is 1. The van der Waals surface area contributed by atoms with Crippen LogP contribution in [-0.2, 0) is 13.0 Å². The Morgan fingerprint density at radius 3 is 2.79 bits per heavy atom. The summed E-state index contributed by atoms with van der Waals surface area (Å²) in [6.45, 7) is 1.57. The zero-order valence-corrected chi connectivity index (χ0v) is 17.1. The van der Waals surface area contributed by atoms with Crippen LogP contribution >= 0.6 is 24.0 Å². The number of furan rings is 1. The predicted molar refractivity (Wildman–Crippen MR) is 117 cm³/mol. The monoisotopic (exact) mass is 416 g/mol. The molecule has 0 atom stereocenters. The van der Waals surface area contributed by atoms with E-state index in [-0.39, 0.29) is 12.4 Å². The highest BCUT2D eigenvalue weighted by Crippen LogP contribution is 2.31. The molecule has 0 saturated heterocycles. The summed E-state index contributed by atoms with van der Waals surface area (Å²) in [7, 11) is 1.60. The number of nitrogens with one attached hydrogen (secondary N) is 2. The lowest BCUT2D eigenvalue weighted by atomic mass is 10.1. The summed E-state index contributed by atoms with van der Waals surface area (Å²) in [5.74, 6) is 2.36. The molecular formula is C22H22Cl2N2O2. The van der Waals surface area contributed by atoms with Crippen molar-refractivity contribution in [3.8, 4) is 17.1 Å². The number of fused-ring (bicyclic) bond motifs is 1. The summed E-state index contributed by atoms with van der Waals surface area (Å²) < 4.78 is 11.1. The summed E-state index contributed by atoms with van der Waals surface area (Å²) in [5, 5.41) is 5.31. The Morgan fingerprint density at radius 2 is 1.96 bits per heavy atom. The van der Waals surface area contributed by atoms with Crippen LogP contribution in [0, 0.1) is 0 Å². The van der Waals surface area contributed by atoms with Crippen molar-refractivity contribution < 1.29 is 9.15 Å². The van der Waals surface area contributed by atoms with Gasteiger partial charge in [0.25, 0.3) is 0 Å². The molecule has 0 aliphatic heterocycles. The third-order valence-electron chi connectivity index (χ3n) is 4.64. The maximum atomic E-state index is 6.20. The van der Waals surface area contributed by atoms with Crippen LogP contribution < -0.4 is 10.1 Å². The highest BCUT2D eigenvalue weighted by molar-refractivity contribution is 6.32. The number of halogens is 2. The van der Waals surface area contributed by atoms with Gasteiger partial charge in [-0.3, -0.25) is 0 Å². The number of hydrogen-bond acceptors (Lipinski definition) is 3. The van der Waals surface area contributed by atoms with Crippen LogP contribution in [0.4, 0.5) is 0 Å². The first-order valence-corrected chi connectivity index (χ1v) is 9.31. The molecule has 4 rings (SSSR count). The first kappa shape index (κ1) is 20.3. The van der Waals surface area contributed by atoms with Crippen molar-refractivity contribution in [1.82, 2.24) is 10.3 Å². The minimum absolute atomic E-state index is 0. The quantitative estimate of drug-likeness (QED) is 0.371. The number of aromatic amines is 1. The van der Waals surface area contributed by atoms with Crippen molar-refractivity contribution in [2.75, 3.05) is 13.7 Å². The van der Waals surface area contributed by atoms with Gasteiger partial charge in [-0.15, -0.1) is 12.4 Å². The van der Waals surface area contributed by atoms with Gasteiger partial charge in [-0.05, 0) is 54.9 Å². The zero-order chi connectivity index (χ0) is 18.6. The van der Waals surface area contributed by atoms with Gasteiger partial charge < -0.3 is 19.5 Å². The van der Waals surface area contributed by atoms with Crippen molar-refractivity contribution in [1.29, 1.82) is 0 Å². The Kier molecular flexibility index (Phi) is 6.68. The van der Waals surface area contributed by atoms with Gasteiger partial charge in [0.05, 0.1) is 18.7 Å². The second-order valence-corrected chi connectivity index (χ2v) is 6.81. The summed E-state index contributed by atoms with van der Waals surface area (Å²) in [4.78, 5) is 3.31. The summed E-state index contributed by atoms with van der Waals surface area (Å²) >= 11 is 6.20. The topological polar surface area (TPSA) is 50.2 Å². The van der Waals surface area contributed by atoms with Gasteiger partial charge in [0.2, 0.25) is 0 Å². The van der Waals surface area contributed by atoms with E-state index in [4.69, 9.17) is 20.8 Å². The molecule has 0 unspecified atom stereocenters. The van der Waals surface area contributed by atoms with Crippen LogP contribution in [-0.4, -0.2) is 18.6 Å². The van der Waals surface area contributed by atoms with Crippen LogP contribution in [0.2, 0.25) is 5.02 Å². The summed E-state index contributed by atoms with van der Waals surface area (Å²) in [6, 6.07) is 18.0. The smallest absolute Gasteiger partial charge is 0.137 e. The first-order chi connectivity index (χ1) is 13.2. The lowest BCUT2D eigenvalue weighted by molar-refractivity contribution is 0.415. The third kappa shape index (κ3) is 4.36.